The van der Waals surface area contributed by atoms with Gasteiger partial charge in [-0.2, -0.15) is 0 Å². The zero-order valence-corrected chi connectivity index (χ0v) is 7.75. The Bertz CT molecular complexity index is 211. The van der Waals surface area contributed by atoms with Gasteiger partial charge in [0.2, 0.25) is 11.8 Å². The van der Waals surface area contributed by atoms with Gasteiger partial charge < -0.3 is 16.0 Å². The first-order chi connectivity index (χ1) is 6.11. The van der Waals surface area contributed by atoms with Gasteiger partial charge in [-0.25, -0.2) is 0 Å². The molecular weight excluding hydrogens is 170 g/mol. The quantitative estimate of drug-likeness (QED) is 0.572. The summed E-state index contributed by atoms with van der Waals surface area (Å²) in [5.74, 6) is -0.523. The molecule has 1 fully saturated rings. The van der Waals surface area contributed by atoms with E-state index in [1.54, 1.807) is 7.05 Å². The smallest absolute Gasteiger partial charge is 0.239 e. The van der Waals surface area contributed by atoms with Crippen LogP contribution in [-0.2, 0) is 9.59 Å². The third-order valence-electron chi connectivity index (χ3n) is 2.13. The zero-order chi connectivity index (χ0) is 9.84. The van der Waals surface area contributed by atoms with Crippen LogP contribution in [0.5, 0.6) is 0 Å². The Hall–Kier alpha value is -1.10. The molecule has 1 atom stereocenters. The second-order valence-corrected chi connectivity index (χ2v) is 3.31. The van der Waals surface area contributed by atoms with E-state index in [0.29, 0.717) is 0 Å². The molecule has 1 aliphatic rings. The van der Waals surface area contributed by atoms with Crippen LogP contribution in [0.2, 0.25) is 0 Å². The topological polar surface area (TPSA) is 75.4 Å². The molecule has 0 aromatic heterocycles. The summed E-state index contributed by atoms with van der Waals surface area (Å²) in [5.41, 5.74) is 4.98. The Morgan fingerprint density at radius 2 is 2.31 bits per heavy atom. The minimum absolute atomic E-state index is 0.00296. The molecule has 1 rings (SSSR count). The summed E-state index contributed by atoms with van der Waals surface area (Å²) < 4.78 is 0. The Kier molecular flexibility index (Phi) is 3.25. The van der Waals surface area contributed by atoms with Crippen LogP contribution in [0.1, 0.15) is 12.8 Å². The van der Waals surface area contributed by atoms with Crippen molar-refractivity contribution in [3.8, 4) is 0 Å². The van der Waals surface area contributed by atoms with Gasteiger partial charge in [0.15, 0.2) is 0 Å². The number of primary amides is 1. The van der Waals surface area contributed by atoms with Crippen molar-refractivity contribution in [1.29, 1.82) is 0 Å². The normalized spacial score (nSPS) is 21.5. The summed E-state index contributed by atoms with van der Waals surface area (Å²) >= 11 is 0. The number of carbonyl (C=O) groups excluding carboxylic acids is 2. The van der Waals surface area contributed by atoms with Crippen LogP contribution < -0.4 is 11.1 Å². The van der Waals surface area contributed by atoms with Crippen molar-refractivity contribution >= 4 is 11.8 Å². The third-order valence-corrected chi connectivity index (χ3v) is 2.13. The fraction of sp³-hybridized carbons (Fsp3) is 0.750. The molecule has 0 saturated carbocycles. The van der Waals surface area contributed by atoms with Gasteiger partial charge in [0.05, 0.1) is 12.6 Å². The van der Waals surface area contributed by atoms with E-state index in [0.717, 1.165) is 19.4 Å². The van der Waals surface area contributed by atoms with Gasteiger partial charge in [-0.3, -0.25) is 9.59 Å². The van der Waals surface area contributed by atoms with E-state index in [2.05, 4.69) is 5.32 Å². The van der Waals surface area contributed by atoms with Crippen LogP contribution in [0.25, 0.3) is 0 Å². The molecule has 13 heavy (non-hydrogen) atoms. The number of rotatable bonds is 3. The monoisotopic (exact) mass is 185 g/mol. The molecule has 1 aliphatic heterocycles. The fourth-order valence-electron chi connectivity index (χ4n) is 1.47. The zero-order valence-electron chi connectivity index (χ0n) is 7.75. The fourth-order valence-corrected chi connectivity index (χ4v) is 1.47. The van der Waals surface area contributed by atoms with E-state index in [9.17, 15) is 9.59 Å². The first-order valence-electron chi connectivity index (χ1n) is 4.38. The van der Waals surface area contributed by atoms with Crippen molar-refractivity contribution in [2.45, 2.75) is 18.9 Å². The highest BCUT2D eigenvalue weighted by atomic mass is 16.2. The number of nitrogens with one attached hydrogen (secondary N) is 1. The Morgan fingerprint density at radius 3 is 2.77 bits per heavy atom. The van der Waals surface area contributed by atoms with E-state index >= 15 is 0 Å². The second kappa shape index (κ2) is 4.23. The van der Waals surface area contributed by atoms with Gasteiger partial charge in [-0.15, -0.1) is 0 Å². The second-order valence-electron chi connectivity index (χ2n) is 3.31. The van der Waals surface area contributed by atoms with Gasteiger partial charge >= 0.3 is 0 Å². The van der Waals surface area contributed by atoms with E-state index < -0.39 is 5.91 Å². The first kappa shape index (κ1) is 9.98. The number of likely N-dealkylation sites (N-methyl/N-ethyl adjacent to an activating group) is 1. The molecule has 1 saturated heterocycles. The summed E-state index contributed by atoms with van der Waals surface area (Å²) in [6.45, 7) is 0.873. The first-order valence-corrected chi connectivity index (χ1v) is 4.38. The molecular formula is C8H15N3O2. The van der Waals surface area contributed by atoms with Crippen molar-refractivity contribution in [2.75, 3.05) is 20.1 Å². The number of amides is 2. The summed E-state index contributed by atoms with van der Waals surface area (Å²) in [6.07, 6.45) is 1.86. The lowest BCUT2D eigenvalue weighted by Gasteiger charge is -2.19. The molecule has 5 heteroatoms. The maximum atomic E-state index is 11.5. The van der Waals surface area contributed by atoms with Crippen molar-refractivity contribution in [3.63, 3.8) is 0 Å². The van der Waals surface area contributed by atoms with Crippen molar-refractivity contribution in [1.82, 2.24) is 10.2 Å². The van der Waals surface area contributed by atoms with E-state index in [1.807, 2.05) is 0 Å². The van der Waals surface area contributed by atoms with Gasteiger partial charge in [-0.05, 0) is 19.4 Å². The highest BCUT2D eigenvalue weighted by molar-refractivity contribution is 5.86. The summed E-state index contributed by atoms with van der Waals surface area (Å²) in [7, 11) is 1.59. The Morgan fingerprint density at radius 1 is 1.62 bits per heavy atom. The maximum Gasteiger partial charge on any atom is 0.239 e. The van der Waals surface area contributed by atoms with Crippen LogP contribution in [0.15, 0.2) is 0 Å². The molecule has 0 unspecified atom stereocenters. The third kappa shape index (κ3) is 2.69. The number of hydrogen-bond acceptors (Lipinski definition) is 3. The number of carbonyl (C=O) groups is 2. The lowest BCUT2D eigenvalue weighted by atomic mass is 10.2. The molecule has 2 amide bonds. The molecule has 0 aliphatic carbocycles. The lowest BCUT2D eigenvalue weighted by molar-refractivity contribution is -0.135. The highest BCUT2D eigenvalue weighted by Crippen LogP contribution is 2.07. The van der Waals surface area contributed by atoms with Crippen molar-refractivity contribution < 1.29 is 9.59 Å². The summed E-state index contributed by atoms with van der Waals surface area (Å²) in [6, 6.07) is -0.121. The van der Waals surface area contributed by atoms with Gasteiger partial charge in [0.25, 0.3) is 0 Å². The van der Waals surface area contributed by atoms with Crippen LogP contribution in [0, 0.1) is 0 Å². The largest absolute Gasteiger partial charge is 0.368 e. The van der Waals surface area contributed by atoms with Crippen LogP contribution in [0.4, 0.5) is 0 Å². The number of nitrogens with zero attached hydrogens (tertiary/aromatic N) is 1. The van der Waals surface area contributed by atoms with Crippen molar-refractivity contribution in [2.24, 2.45) is 5.73 Å². The standard InChI is InChI=1S/C8H15N3O2/c1-11(5-7(9)12)8(13)6-3-2-4-10-6/h6,10H,2-5H2,1H3,(H2,9,12)/t6-/m0/s1. The van der Waals surface area contributed by atoms with E-state index in [-0.39, 0.29) is 18.5 Å². The number of hydrogen-bond donors (Lipinski definition) is 2. The Labute approximate surface area is 77.3 Å². The average molecular weight is 185 g/mol. The lowest BCUT2D eigenvalue weighted by Crippen LogP contribution is -2.44. The SMILES string of the molecule is CN(CC(N)=O)C(=O)[C@@H]1CCCN1. The predicted molar refractivity (Wildman–Crippen MR) is 47.9 cm³/mol. The molecule has 1 heterocycles. The van der Waals surface area contributed by atoms with Gasteiger partial charge in [-0.1, -0.05) is 0 Å². The molecule has 0 aromatic carbocycles. The molecule has 0 aromatic rings. The van der Waals surface area contributed by atoms with Gasteiger partial charge in [0, 0.05) is 7.05 Å². The van der Waals surface area contributed by atoms with Gasteiger partial charge in [0.1, 0.15) is 0 Å². The minimum atomic E-state index is -0.478. The molecule has 3 N–H and O–H groups in total. The minimum Gasteiger partial charge on any atom is -0.368 e. The van der Waals surface area contributed by atoms with Crippen molar-refractivity contribution in [3.05, 3.63) is 0 Å². The summed E-state index contributed by atoms with van der Waals surface area (Å²) in [5, 5.41) is 3.07. The van der Waals surface area contributed by atoms with Crippen LogP contribution >= 0.6 is 0 Å². The molecule has 74 valence electrons. The molecule has 0 spiro atoms. The van der Waals surface area contributed by atoms with E-state index in [4.69, 9.17) is 5.73 Å². The average Bonchev–Trinajstić information content (AvgIpc) is 2.53. The Balaban J connectivity index is 2.41. The highest BCUT2D eigenvalue weighted by Gasteiger charge is 2.25. The molecule has 5 nitrogen and oxygen atoms in total. The number of nitrogens with two attached hydrogens (primary N) is 1. The predicted octanol–water partition coefficient (Wildman–Crippen LogP) is -1.32. The van der Waals surface area contributed by atoms with Crippen LogP contribution in [0.3, 0.4) is 0 Å². The maximum absolute atomic E-state index is 11.5. The molecule has 0 bridgehead atoms. The van der Waals surface area contributed by atoms with E-state index in [1.165, 1.54) is 4.90 Å². The summed E-state index contributed by atoms with van der Waals surface area (Å²) in [4.78, 5) is 23.4. The molecule has 0 radical (unpaired) electrons. The van der Waals surface area contributed by atoms with Crippen LogP contribution in [-0.4, -0.2) is 42.9 Å².